The van der Waals surface area contributed by atoms with Crippen LogP contribution in [0.2, 0.25) is 0 Å². The maximum Gasteiger partial charge on any atom is 0.136 e. The Labute approximate surface area is 86.6 Å². The van der Waals surface area contributed by atoms with Gasteiger partial charge in [-0.2, -0.15) is 0 Å². The zero-order valence-electron chi connectivity index (χ0n) is 9.25. The third-order valence-corrected chi connectivity index (χ3v) is 2.68. The molecule has 82 valence electrons. The molecule has 14 heavy (non-hydrogen) atoms. The summed E-state index contributed by atoms with van der Waals surface area (Å²) in [6.07, 6.45) is 4.48. The molecule has 1 saturated heterocycles. The lowest BCUT2D eigenvalue weighted by Gasteiger charge is -2.17. The van der Waals surface area contributed by atoms with Gasteiger partial charge in [0.2, 0.25) is 0 Å². The van der Waals surface area contributed by atoms with Crippen LogP contribution in [0.15, 0.2) is 0 Å². The molecule has 0 saturated carbocycles. The summed E-state index contributed by atoms with van der Waals surface area (Å²) in [7, 11) is 0. The van der Waals surface area contributed by atoms with E-state index in [0.717, 1.165) is 25.8 Å². The van der Waals surface area contributed by atoms with Crippen LogP contribution in [0.5, 0.6) is 0 Å². The minimum Gasteiger partial charge on any atom is -0.313 e. The zero-order valence-corrected chi connectivity index (χ0v) is 9.25. The number of aldehydes is 1. The molecular weight excluding hydrogens is 176 g/mol. The predicted octanol–water partition coefficient (Wildman–Crippen LogP) is 0.942. The van der Waals surface area contributed by atoms with Crippen LogP contribution in [0, 0.1) is 5.92 Å². The summed E-state index contributed by atoms with van der Waals surface area (Å²) in [4.78, 5) is 10.8. The Bertz CT molecular complexity index is 165. The zero-order chi connectivity index (χ0) is 10.4. The maximum absolute atomic E-state index is 10.8. The molecule has 0 aliphatic carbocycles. The van der Waals surface area contributed by atoms with E-state index in [1.807, 2.05) is 0 Å². The van der Waals surface area contributed by atoms with Crippen molar-refractivity contribution in [3.8, 4) is 0 Å². The topological polar surface area (TPSA) is 41.1 Å². The molecule has 2 N–H and O–H groups in total. The Balaban J connectivity index is 2.15. The second-order valence-corrected chi connectivity index (χ2v) is 4.57. The van der Waals surface area contributed by atoms with E-state index in [9.17, 15) is 4.79 Å². The molecule has 2 atom stereocenters. The van der Waals surface area contributed by atoms with Gasteiger partial charge in [-0.3, -0.25) is 0 Å². The van der Waals surface area contributed by atoms with Gasteiger partial charge in [0.1, 0.15) is 6.29 Å². The summed E-state index contributed by atoms with van der Waals surface area (Å²) in [5, 5.41) is 6.72. The van der Waals surface area contributed by atoms with Gasteiger partial charge in [0.05, 0.1) is 6.04 Å². The van der Waals surface area contributed by atoms with E-state index >= 15 is 0 Å². The molecule has 1 fully saturated rings. The lowest BCUT2D eigenvalue weighted by molar-refractivity contribution is -0.109. The molecule has 1 aliphatic heterocycles. The number of nitrogens with one attached hydrogen (secondary N) is 2. The normalized spacial score (nSPS) is 24.1. The Morgan fingerprint density at radius 3 is 2.86 bits per heavy atom. The second-order valence-electron chi connectivity index (χ2n) is 4.57. The monoisotopic (exact) mass is 198 g/mol. The minimum atomic E-state index is 0.0393. The van der Waals surface area contributed by atoms with Crippen molar-refractivity contribution >= 4 is 6.29 Å². The highest BCUT2D eigenvalue weighted by atomic mass is 16.1. The van der Waals surface area contributed by atoms with Gasteiger partial charge in [-0.05, 0) is 31.7 Å². The molecule has 1 heterocycles. The van der Waals surface area contributed by atoms with Crippen LogP contribution in [-0.2, 0) is 4.79 Å². The van der Waals surface area contributed by atoms with Crippen molar-refractivity contribution in [1.82, 2.24) is 10.6 Å². The highest BCUT2D eigenvalue weighted by molar-refractivity contribution is 5.57. The standard InChI is InChI=1S/C11H22N2O/c1-9(2)6-11(8-14)13-7-10-4-3-5-12-10/h8-13H,3-7H2,1-2H3/t10-,11-/m0/s1. The van der Waals surface area contributed by atoms with Gasteiger partial charge in [-0.25, -0.2) is 0 Å². The van der Waals surface area contributed by atoms with Gasteiger partial charge in [-0.1, -0.05) is 13.8 Å². The Kier molecular flexibility index (Phi) is 5.12. The van der Waals surface area contributed by atoms with Crippen LogP contribution in [-0.4, -0.2) is 31.5 Å². The number of rotatable bonds is 6. The fourth-order valence-corrected chi connectivity index (χ4v) is 1.92. The van der Waals surface area contributed by atoms with Gasteiger partial charge in [-0.15, -0.1) is 0 Å². The van der Waals surface area contributed by atoms with Crippen molar-refractivity contribution in [2.24, 2.45) is 5.92 Å². The quantitative estimate of drug-likeness (QED) is 0.624. The van der Waals surface area contributed by atoms with Gasteiger partial charge in [0.15, 0.2) is 0 Å². The molecule has 0 amide bonds. The van der Waals surface area contributed by atoms with E-state index in [1.165, 1.54) is 12.8 Å². The SMILES string of the molecule is CC(C)C[C@@H](C=O)NC[C@@H]1CCCN1. The summed E-state index contributed by atoms with van der Waals surface area (Å²) in [6.45, 7) is 6.34. The molecule has 1 rings (SSSR count). The molecule has 3 heteroatoms. The van der Waals surface area contributed by atoms with E-state index in [-0.39, 0.29) is 6.04 Å². The maximum atomic E-state index is 10.8. The second kappa shape index (κ2) is 6.14. The molecular formula is C11H22N2O. The molecule has 0 unspecified atom stereocenters. The van der Waals surface area contributed by atoms with Crippen LogP contribution in [0.25, 0.3) is 0 Å². The van der Waals surface area contributed by atoms with Crippen molar-refractivity contribution in [2.45, 2.75) is 45.2 Å². The molecule has 0 spiro atoms. The summed E-state index contributed by atoms with van der Waals surface area (Å²) < 4.78 is 0. The van der Waals surface area contributed by atoms with E-state index in [4.69, 9.17) is 0 Å². The minimum absolute atomic E-state index is 0.0393. The van der Waals surface area contributed by atoms with Crippen LogP contribution in [0.4, 0.5) is 0 Å². The van der Waals surface area contributed by atoms with Crippen molar-refractivity contribution < 1.29 is 4.79 Å². The van der Waals surface area contributed by atoms with Gasteiger partial charge in [0, 0.05) is 12.6 Å². The average molecular weight is 198 g/mol. The first kappa shape index (κ1) is 11.7. The van der Waals surface area contributed by atoms with Crippen LogP contribution < -0.4 is 10.6 Å². The largest absolute Gasteiger partial charge is 0.313 e. The van der Waals surface area contributed by atoms with Crippen LogP contribution >= 0.6 is 0 Å². The van der Waals surface area contributed by atoms with Crippen LogP contribution in [0.1, 0.15) is 33.1 Å². The first-order chi connectivity index (χ1) is 6.72. The highest BCUT2D eigenvalue weighted by Gasteiger charge is 2.16. The smallest absolute Gasteiger partial charge is 0.136 e. The van der Waals surface area contributed by atoms with Crippen molar-refractivity contribution in [1.29, 1.82) is 0 Å². The molecule has 0 aromatic rings. The van der Waals surface area contributed by atoms with E-state index in [0.29, 0.717) is 12.0 Å². The lowest BCUT2D eigenvalue weighted by Crippen LogP contribution is -2.40. The molecule has 3 nitrogen and oxygen atoms in total. The fourth-order valence-electron chi connectivity index (χ4n) is 1.92. The molecule has 0 radical (unpaired) electrons. The van der Waals surface area contributed by atoms with Crippen molar-refractivity contribution in [2.75, 3.05) is 13.1 Å². The third-order valence-electron chi connectivity index (χ3n) is 2.68. The Morgan fingerprint density at radius 1 is 1.57 bits per heavy atom. The van der Waals surface area contributed by atoms with E-state index < -0.39 is 0 Å². The lowest BCUT2D eigenvalue weighted by atomic mass is 10.0. The third kappa shape index (κ3) is 4.20. The van der Waals surface area contributed by atoms with Crippen molar-refractivity contribution in [3.05, 3.63) is 0 Å². The molecule has 0 aromatic carbocycles. The van der Waals surface area contributed by atoms with E-state index in [2.05, 4.69) is 24.5 Å². The van der Waals surface area contributed by atoms with Gasteiger partial charge in [0.25, 0.3) is 0 Å². The summed E-state index contributed by atoms with van der Waals surface area (Å²) >= 11 is 0. The fraction of sp³-hybridized carbons (Fsp3) is 0.909. The highest BCUT2D eigenvalue weighted by Crippen LogP contribution is 2.06. The van der Waals surface area contributed by atoms with Crippen molar-refractivity contribution in [3.63, 3.8) is 0 Å². The number of carbonyl (C=O) groups excluding carboxylic acids is 1. The summed E-state index contributed by atoms with van der Waals surface area (Å²) in [5.74, 6) is 0.578. The Hall–Kier alpha value is -0.410. The number of carbonyl (C=O) groups is 1. The summed E-state index contributed by atoms with van der Waals surface area (Å²) in [6, 6.07) is 0.613. The van der Waals surface area contributed by atoms with Gasteiger partial charge >= 0.3 is 0 Å². The van der Waals surface area contributed by atoms with Crippen LogP contribution in [0.3, 0.4) is 0 Å². The molecule has 0 bridgehead atoms. The summed E-state index contributed by atoms with van der Waals surface area (Å²) in [5.41, 5.74) is 0. The first-order valence-electron chi connectivity index (χ1n) is 5.64. The molecule has 0 aromatic heterocycles. The number of hydrogen-bond donors (Lipinski definition) is 2. The number of hydrogen-bond acceptors (Lipinski definition) is 3. The Morgan fingerprint density at radius 2 is 2.36 bits per heavy atom. The molecule has 1 aliphatic rings. The van der Waals surface area contributed by atoms with Gasteiger partial charge < -0.3 is 15.4 Å². The predicted molar refractivity (Wildman–Crippen MR) is 58.3 cm³/mol. The first-order valence-corrected chi connectivity index (χ1v) is 5.64. The van der Waals surface area contributed by atoms with E-state index in [1.54, 1.807) is 0 Å². The average Bonchev–Trinajstić information content (AvgIpc) is 2.64.